The van der Waals surface area contributed by atoms with Crippen molar-refractivity contribution in [2.45, 2.75) is 56.7 Å². The molecular weight excluding hydrogens is 392 g/mol. The van der Waals surface area contributed by atoms with Crippen LogP contribution < -0.4 is 10.9 Å². The molecule has 1 saturated carbocycles. The molecule has 5 rings (SSSR count). The standard InChI is InChI=1S/C22H25F2N3O3/c1-13-5-6-17(30-13)12-26-10-14-7-15(11-26)20(27-18(14)3-2-4-19(27)28)21(29)25-16-8-22(23,24)9-16/h2-6,14-16,20H,7-12H2,1H3,(H,25,29)/t14-,15+,20+/m0/s1. The number of carbonyl (C=O) groups excluding carboxylic acids is 1. The zero-order valence-corrected chi connectivity index (χ0v) is 16.8. The summed E-state index contributed by atoms with van der Waals surface area (Å²) in [6.45, 7) is 3.97. The number of fused-ring (bicyclic) bond motifs is 4. The Labute approximate surface area is 172 Å². The smallest absolute Gasteiger partial charge is 0.252 e. The molecule has 1 N–H and O–H groups in total. The number of hydrogen-bond donors (Lipinski definition) is 1. The van der Waals surface area contributed by atoms with Crippen LogP contribution in [-0.2, 0) is 11.3 Å². The van der Waals surface area contributed by atoms with Gasteiger partial charge in [0.15, 0.2) is 0 Å². The number of amides is 1. The molecule has 0 radical (unpaired) electrons. The molecule has 2 aromatic heterocycles. The molecule has 0 spiro atoms. The Morgan fingerprint density at radius 3 is 2.73 bits per heavy atom. The second-order valence-electron chi connectivity index (χ2n) is 8.97. The average molecular weight is 417 g/mol. The molecule has 2 aliphatic heterocycles. The van der Waals surface area contributed by atoms with E-state index in [0.29, 0.717) is 13.1 Å². The van der Waals surface area contributed by atoms with Crippen LogP contribution in [0.4, 0.5) is 8.78 Å². The van der Waals surface area contributed by atoms with E-state index in [1.54, 1.807) is 10.6 Å². The highest BCUT2D eigenvalue weighted by Gasteiger charge is 2.48. The van der Waals surface area contributed by atoms with Crippen LogP contribution in [0.1, 0.15) is 48.4 Å². The topological polar surface area (TPSA) is 67.5 Å². The largest absolute Gasteiger partial charge is 0.465 e. The highest BCUT2D eigenvalue weighted by atomic mass is 19.3. The monoisotopic (exact) mass is 417 g/mol. The van der Waals surface area contributed by atoms with Gasteiger partial charge in [-0.2, -0.15) is 0 Å². The summed E-state index contributed by atoms with van der Waals surface area (Å²) in [5, 5.41) is 2.77. The minimum atomic E-state index is -2.70. The van der Waals surface area contributed by atoms with Crippen LogP contribution in [0.25, 0.3) is 0 Å². The number of alkyl halides is 2. The maximum Gasteiger partial charge on any atom is 0.252 e. The van der Waals surface area contributed by atoms with Crippen molar-refractivity contribution in [2.24, 2.45) is 5.92 Å². The molecule has 1 aliphatic carbocycles. The number of aryl methyl sites for hydroxylation is 1. The van der Waals surface area contributed by atoms with E-state index < -0.39 is 18.0 Å². The van der Waals surface area contributed by atoms with Crippen LogP contribution in [0.2, 0.25) is 0 Å². The van der Waals surface area contributed by atoms with Gasteiger partial charge in [0.05, 0.1) is 6.54 Å². The highest BCUT2D eigenvalue weighted by Crippen LogP contribution is 2.42. The van der Waals surface area contributed by atoms with E-state index in [2.05, 4.69) is 10.2 Å². The molecule has 160 valence electrons. The van der Waals surface area contributed by atoms with Gasteiger partial charge in [0.1, 0.15) is 17.6 Å². The Bertz CT molecular complexity index is 1020. The second-order valence-corrected chi connectivity index (χ2v) is 8.97. The van der Waals surface area contributed by atoms with Crippen molar-refractivity contribution in [1.82, 2.24) is 14.8 Å². The van der Waals surface area contributed by atoms with E-state index in [0.717, 1.165) is 30.2 Å². The number of pyridine rings is 1. The molecule has 0 unspecified atom stereocenters. The third-order valence-corrected chi connectivity index (χ3v) is 6.60. The molecule has 1 amide bonds. The first-order chi connectivity index (χ1) is 14.3. The quantitative estimate of drug-likeness (QED) is 0.831. The molecule has 0 aromatic carbocycles. The van der Waals surface area contributed by atoms with E-state index >= 15 is 0 Å². The van der Waals surface area contributed by atoms with Gasteiger partial charge in [-0.1, -0.05) is 6.07 Å². The number of likely N-dealkylation sites (tertiary alicyclic amines) is 1. The third kappa shape index (κ3) is 3.47. The van der Waals surface area contributed by atoms with Gasteiger partial charge in [-0.25, -0.2) is 8.78 Å². The van der Waals surface area contributed by atoms with E-state index in [4.69, 9.17) is 4.42 Å². The zero-order chi connectivity index (χ0) is 21.0. The van der Waals surface area contributed by atoms with Gasteiger partial charge in [-0.05, 0) is 31.5 Å². The molecule has 4 heterocycles. The van der Waals surface area contributed by atoms with E-state index in [1.165, 1.54) is 6.07 Å². The highest BCUT2D eigenvalue weighted by molar-refractivity contribution is 5.81. The molecule has 3 aliphatic rings. The Kier molecular flexibility index (Phi) is 4.57. The van der Waals surface area contributed by atoms with Crippen molar-refractivity contribution in [2.75, 3.05) is 13.1 Å². The molecule has 6 nitrogen and oxygen atoms in total. The number of nitrogens with zero attached hydrogens (tertiary/aromatic N) is 2. The summed E-state index contributed by atoms with van der Waals surface area (Å²) in [5.74, 6) is -1.22. The predicted molar refractivity (Wildman–Crippen MR) is 105 cm³/mol. The molecule has 1 saturated heterocycles. The van der Waals surface area contributed by atoms with Crippen molar-refractivity contribution in [1.29, 1.82) is 0 Å². The van der Waals surface area contributed by atoms with Gasteiger partial charge >= 0.3 is 0 Å². The van der Waals surface area contributed by atoms with Crippen molar-refractivity contribution in [3.63, 3.8) is 0 Å². The summed E-state index contributed by atoms with van der Waals surface area (Å²) in [6, 6.07) is 7.77. The fraction of sp³-hybridized carbons (Fsp3) is 0.545. The van der Waals surface area contributed by atoms with Crippen LogP contribution in [0.15, 0.2) is 39.5 Å². The van der Waals surface area contributed by atoms with Crippen LogP contribution in [0.3, 0.4) is 0 Å². The fourth-order valence-electron chi connectivity index (χ4n) is 5.33. The summed E-state index contributed by atoms with van der Waals surface area (Å²) < 4.78 is 33.8. The second kappa shape index (κ2) is 7.04. The Morgan fingerprint density at radius 1 is 1.23 bits per heavy atom. The normalized spacial score (nSPS) is 27.9. The molecule has 30 heavy (non-hydrogen) atoms. The van der Waals surface area contributed by atoms with Crippen LogP contribution in [0, 0.1) is 12.8 Å². The van der Waals surface area contributed by atoms with Gasteiger partial charge in [-0.3, -0.25) is 19.1 Å². The predicted octanol–water partition coefficient (Wildman–Crippen LogP) is 2.82. The minimum Gasteiger partial charge on any atom is -0.465 e. The van der Waals surface area contributed by atoms with Crippen molar-refractivity contribution in [3.8, 4) is 0 Å². The first-order valence-electron chi connectivity index (χ1n) is 10.5. The maximum atomic E-state index is 13.2. The van der Waals surface area contributed by atoms with Gasteiger partial charge in [0.2, 0.25) is 5.91 Å². The Balaban J connectivity index is 1.42. The lowest BCUT2D eigenvalue weighted by atomic mass is 9.77. The average Bonchev–Trinajstić information content (AvgIpc) is 3.05. The van der Waals surface area contributed by atoms with Gasteiger partial charge in [-0.15, -0.1) is 0 Å². The SMILES string of the molecule is Cc1ccc(CN2C[C@@H]3C[C@H](C2)[C@H](C(=O)NC2CC(F)(F)C2)n2c3cccc2=O)o1. The molecule has 3 atom stereocenters. The minimum absolute atomic E-state index is 0.0620. The fourth-order valence-corrected chi connectivity index (χ4v) is 5.33. The summed E-state index contributed by atoms with van der Waals surface area (Å²) in [6.07, 6.45) is 0.134. The van der Waals surface area contributed by atoms with Crippen LogP contribution in [0.5, 0.6) is 0 Å². The lowest BCUT2D eigenvalue weighted by Crippen LogP contribution is -2.57. The molecule has 2 bridgehead atoms. The summed E-state index contributed by atoms with van der Waals surface area (Å²) in [4.78, 5) is 28.1. The number of furan rings is 1. The Morgan fingerprint density at radius 2 is 2.03 bits per heavy atom. The molecule has 8 heteroatoms. The number of hydrogen-bond acceptors (Lipinski definition) is 4. The summed E-state index contributed by atoms with van der Waals surface area (Å²) in [7, 11) is 0. The molecule has 2 aromatic rings. The van der Waals surface area contributed by atoms with E-state index in [-0.39, 0.29) is 36.1 Å². The Hall–Kier alpha value is -2.48. The number of piperidine rings is 1. The maximum absolute atomic E-state index is 13.2. The van der Waals surface area contributed by atoms with Crippen molar-refractivity contribution < 1.29 is 18.0 Å². The summed E-state index contributed by atoms with van der Waals surface area (Å²) in [5.41, 5.74) is 0.634. The number of halogens is 2. The molecule has 2 fully saturated rings. The van der Waals surface area contributed by atoms with Gasteiger partial charge in [0, 0.05) is 55.6 Å². The summed E-state index contributed by atoms with van der Waals surface area (Å²) >= 11 is 0. The lowest BCUT2D eigenvalue weighted by molar-refractivity contribution is -0.135. The first kappa shape index (κ1) is 19.5. The number of aromatic nitrogens is 1. The number of rotatable bonds is 4. The van der Waals surface area contributed by atoms with Crippen molar-refractivity contribution >= 4 is 5.91 Å². The van der Waals surface area contributed by atoms with Crippen LogP contribution >= 0.6 is 0 Å². The first-order valence-corrected chi connectivity index (χ1v) is 10.5. The van der Waals surface area contributed by atoms with Gasteiger partial charge in [0.25, 0.3) is 11.5 Å². The number of nitrogens with one attached hydrogen (secondary N) is 1. The van der Waals surface area contributed by atoms with E-state index in [1.807, 2.05) is 25.1 Å². The number of carbonyl (C=O) groups is 1. The zero-order valence-electron chi connectivity index (χ0n) is 16.8. The van der Waals surface area contributed by atoms with Gasteiger partial charge < -0.3 is 9.73 Å². The third-order valence-electron chi connectivity index (χ3n) is 6.60. The van der Waals surface area contributed by atoms with Crippen LogP contribution in [-0.4, -0.2) is 40.4 Å². The van der Waals surface area contributed by atoms with Crippen molar-refractivity contribution in [3.05, 3.63) is 57.9 Å². The lowest BCUT2D eigenvalue weighted by Gasteiger charge is -2.46. The molecular formula is C22H25F2N3O3. The van der Waals surface area contributed by atoms with E-state index in [9.17, 15) is 18.4 Å².